The summed E-state index contributed by atoms with van der Waals surface area (Å²) in [4.78, 5) is 16.2. The minimum atomic E-state index is -0.779. The van der Waals surface area contributed by atoms with Crippen molar-refractivity contribution in [3.05, 3.63) is 77.9 Å². The van der Waals surface area contributed by atoms with Crippen molar-refractivity contribution in [1.82, 2.24) is 14.9 Å². The zero-order valence-electron chi connectivity index (χ0n) is 17.4. The molecule has 0 saturated heterocycles. The van der Waals surface area contributed by atoms with Crippen LogP contribution in [0.1, 0.15) is 34.7 Å². The number of imidazole rings is 1. The normalized spacial score (nSPS) is 12.9. The van der Waals surface area contributed by atoms with Gasteiger partial charge in [0.1, 0.15) is 30.0 Å². The lowest BCUT2D eigenvalue weighted by Crippen LogP contribution is -2.35. The van der Waals surface area contributed by atoms with Gasteiger partial charge in [-0.25, -0.2) is 4.98 Å². The fourth-order valence-electron chi connectivity index (χ4n) is 3.22. The van der Waals surface area contributed by atoms with Crippen molar-refractivity contribution < 1.29 is 19.4 Å². The molecule has 7 heteroatoms. The molecule has 2 aromatic carbocycles. The molecule has 158 valence electrons. The SMILES string of the molecule is COc1cccc(C(NCC(O)COc2ccccc2C(C)=O)c2nccn2C)c1. The number of rotatable bonds is 10. The van der Waals surface area contributed by atoms with Crippen LogP contribution in [-0.4, -0.2) is 46.8 Å². The van der Waals surface area contributed by atoms with Crippen LogP contribution < -0.4 is 14.8 Å². The Kier molecular flexibility index (Phi) is 7.21. The molecule has 0 aliphatic carbocycles. The van der Waals surface area contributed by atoms with E-state index in [4.69, 9.17) is 9.47 Å². The first-order valence-corrected chi connectivity index (χ1v) is 9.75. The van der Waals surface area contributed by atoms with Crippen LogP contribution in [0.5, 0.6) is 11.5 Å². The minimum Gasteiger partial charge on any atom is -0.497 e. The van der Waals surface area contributed by atoms with E-state index >= 15 is 0 Å². The van der Waals surface area contributed by atoms with Crippen molar-refractivity contribution in [3.8, 4) is 11.5 Å². The summed E-state index contributed by atoms with van der Waals surface area (Å²) in [6.45, 7) is 1.82. The van der Waals surface area contributed by atoms with Gasteiger partial charge in [-0.3, -0.25) is 4.79 Å². The van der Waals surface area contributed by atoms with E-state index in [1.807, 2.05) is 42.1 Å². The smallest absolute Gasteiger partial charge is 0.163 e. The van der Waals surface area contributed by atoms with E-state index in [2.05, 4.69) is 10.3 Å². The average molecular weight is 409 g/mol. The van der Waals surface area contributed by atoms with Gasteiger partial charge < -0.3 is 24.5 Å². The molecular weight excluding hydrogens is 382 g/mol. The molecule has 30 heavy (non-hydrogen) atoms. The molecule has 0 aliphatic heterocycles. The molecule has 1 aromatic heterocycles. The lowest BCUT2D eigenvalue weighted by Gasteiger charge is -2.22. The summed E-state index contributed by atoms with van der Waals surface area (Å²) >= 11 is 0. The van der Waals surface area contributed by atoms with Gasteiger partial charge in [-0.2, -0.15) is 0 Å². The topological polar surface area (TPSA) is 85.6 Å². The van der Waals surface area contributed by atoms with Crippen LogP contribution in [0.4, 0.5) is 0 Å². The van der Waals surface area contributed by atoms with Crippen molar-refractivity contribution in [2.24, 2.45) is 7.05 Å². The highest BCUT2D eigenvalue weighted by Crippen LogP contribution is 2.24. The molecule has 0 radical (unpaired) electrons. The number of aromatic nitrogens is 2. The zero-order valence-corrected chi connectivity index (χ0v) is 17.4. The van der Waals surface area contributed by atoms with Crippen molar-refractivity contribution in [2.75, 3.05) is 20.3 Å². The van der Waals surface area contributed by atoms with Gasteiger partial charge in [0.15, 0.2) is 5.78 Å². The number of carbonyl (C=O) groups is 1. The van der Waals surface area contributed by atoms with E-state index < -0.39 is 6.10 Å². The molecule has 0 fully saturated rings. The molecule has 1 heterocycles. The summed E-state index contributed by atoms with van der Waals surface area (Å²) in [5.41, 5.74) is 1.47. The molecule has 2 N–H and O–H groups in total. The second-order valence-electron chi connectivity index (χ2n) is 7.03. The molecule has 3 aromatic rings. The van der Waals surface area contributed by atoms with Crippen LogP contribution in [0.3, 0.4) is 0 Å². The Bertz CT molecular complexity index is 986. The predicted molar refractivity (Wildman–Crippen MR) is 114 cm³/mol. The van der Waals surface area contributed by atoms with Gasteiger partial charge in [-0.1, -0.05) is 24.3 Å². The van der Waals surface area contributed by atoms with Crippen molar-refractivity contribution in [2.45, 2.75) is 19.1 Å². The molecule has 2 unspecified atom stereocenters. The standard InChI is InChI=1S/C23H27N3O4/c1-16(27)20-9-4-5-10-21(20)30-15-18(28)14-25-22(23-24-11-12-26(23)2)17-7-6-8-19(13-17)29-3/h4-13,18,22,25,28H,14-15H2,1-3H3. The number of hydrogen-bond donors (Lipinski definition) is 2. The van der Waals surface area contributed by atoms with Crippen molar-refractivity contribution in [1.29, 1.82) is 0 Å². The second kappa shape index (κ2) is 10.0. The molecule has 7 nitrogen and oxygen atoms in total. The lowest BCUT2D eigenvalue weighted by molar-refractivity contribution is 0.0967. The Morgan fingerprint density at radius 2 is 2.03 bits per heavy atom. The first kappa shape index (κ1) is 21.5. The molecule has 2 atom stereocenters. The first-order chi connectivity index (χ1) is 14.5. The van der Waals surface area contributed by atoms with Crippen LogP contribution in [0.2, 0.25) is 0 Å². The van der Waals surface area contributed by atoms with Crippen molar-refractivity contribution in [3.63, 3.8) is 0 Å². The Morgan fingerprint density at radius 1 is 1.23 bits per heavy atom. The fraction of sp³-hybridized carbons (Fsp3) is 0.304. The summed E-state index contributed by atoms with van der Waals surface area (Å²) in [7, 11) is 3.55. The zero-order chi connectivity index (χ0) is 21.5. The number of aliphatic hydroxyl groups excluding tert-OH is 1. The summed E-state index contributed by atoms with van der Waals surface area (Å²) in [5, 5.41) is 13.8. The Balaban J connectivity index is 1.68. The first-order valence-electron chi connectivity index (χ1n) is 9.75. The Hall–Kier alpha value is -3.16. The van der Waals surface area contributed by atoms with Crippen LogP contribution in [0, 0.1) is 0 Å². The maximum atomic E-state index is 11.7. The van der Waals surface area contributed by atoms with E-state index in [9.17, 15) is 9.90 Å². The maximum absolute atomic E-state index is 11.7. The van der Waals surface area contributed by atoms with E-state index in [1.54, 1.807) is 37.6 Å². The quantitative estimate of drug-likeness (QED) is 0.501. The van der Waals surface area contributed by atoms with Gasteiger partial charge in [-0.05, 0) is 36.8 Å². The second-order valence-corrected chi connectivity index (χ2v) is 7.03. The number of nitrogens with one attached hydrogen (secondary N) is 1. The van der Waals surface area contributed by atoms with Crippen molar-refractivity contribution >= 4 is 5.78 Å². The largest absolute Gasteiger partial charge is 0.497 e. The van der Waals surface area contributed by atoms with E-state index in [0.717, 1.165) is 17.1 Å². The Morgan fingerprint density at radius 3 is 2.73 bits per heavy atom. The maximum Gasteiger partial charge on any atom is 0.163 e. The molecule has 0 aliphatic rings. The van der Waals surface area contributed by atoms with E-state index in [1.165, 1.54) is 6.92 Å². The summed E-state index contributed by atoms with van der Waals surface area (Å²) in [6.07, 6.45) is 2.84. The van der Waals surface area contributed by atoms with Gasteiger partial charge >= 0.3 is 0 Å². The van der Waals surface area contributed by atoms with Gasteiger partial charge in [0.05, 0.1) is 18.7 Å². The third-order valence-corrected chi connectivity index (χ3v) is 4.80. The van der Waals surface area contributed by atoms with Crippen LogP contribution in [0.25, 0.3) is 0 Å². The number of para-hydroxylation sites is 1. The number of aryl methyl sites for hydroxylation is 1. The summed E-state index contributed by atoms with van der Waals surface area (Å²) in [6, 6.07) is 14.5. The number of Topliss-reactive ketones (excluding diaryl/α,β-unsaturated/α-hetero) is 1. The highest BCUT2D eigenvalue weighted by atomic mass is 16.5. The molecule has 0 saturated carbocycles. The van der Waals surface area contributed by atoms with E-state index in [0.29, 0.717) is 11.3 Å². The van der Waals surface area contributed by atoms with Crippen LogP contribution >= 0.6 is 0 Å². The highest BCUT2D eigenvalue weighted by molar-refractivity contribution is 5.96. The third-order valence-electron chi connectivity index (χ3n) is 4.80. The van der Waals surface area contributed by atoms with Crippen LogP contribution in [-0.2, 0) is 7.05 Å². The van der Waals surface area contributed by atoms with Gasteiger partial charge in [0.25, 0.3) is 0 Å². The number of aliphatic hydroxyl groups is 1. The van der Waals surface area contributed by atoms with Gasteiger partial charge in [0.2, 0.25) is 0 Å². The number of carbonyl (C=O) groups excluding carboxylic acids is 1. The molecule has 3 rings (SSSR count). The van der Waals surface area contributed by atoms with Gasteiger partial charge in [0, 0.05) is 26.0 Å². The molecule has 0 amide bonds. The van der Waals surface area contributed by atoms with E-state index in [-0.39, 0.29) is 25.0 Å². The number of benzene rings is 2. The fourth-order valence-corrected chi connectivity index (χ4v) is 3.22. The van der Waals surface area contributed by atoms with Crippen LogP contribution in [0.15, 0.2) is 60.9 Å². The predicted octanol–water partition coefficient (Wildman–Crippen LogP) is 2.75. The average Bonchev–Trinajstić information content (AvgIpc) is 3.18. The lowest BCUT2D eigenvalue weighted by atomic mass is 10.1. The Labute approximate surface area is 176 Å². The number of methoxy groups -OCH3 is 1. The number of ketones is 1. The third kappa shape index (κ3) is 5.25. The monoisotopic (exact) mass is 409 g/mol. The number of ether oxygens (including phenoxy) is 2. The molecular formula is C23H27N3O4. The summed E-state index contributed by atoms with van der Waals surface area (Å²) < 4.78 is 13.0. The molecule has 0 spiro atoms. The summed E-state index contributed by atoms with van der Waals surface area (Å²) in [5.74, 6) is 1.96. The highest BCUT2D eigenvalue weighted by Gasteiger charge is 2.20. The van der Waals surface area contributed by atoms with Gasteiger partial charge in [-0.15, -0.1) is 0 Å². The number of nitrogens with zero attached hydrogens (tertiary/aromatic N) is 2. The minimum absolute atomic E-state index is 0.0582. The molecule has 0 bridgehead atoms. The number of hydrogen-bond acceptors (Lipinski definition) is 6.